The molecule has 2 rings (SSSR count). The quantitative estimate of drug-likeness (QED) is 0.727. The van der Waals surface area contributed by atoms with Crippen LogP contribution in [-0.4, -0.2) is 32.8 Å². The van der Waals surface area contributed by atoms with Crippen molar-refractivity contribution in [3.05, 3.63) is 58.9 Å². The summed E-state index contributed by atoms with van der Waals surface area (Å²) in [4.78, 5) is 24.1. The maximum absolute atomic E-state index is 12.1. The van der Waals surface area contributed by atoms with Crippen molar-refractivity contribution in [3.63, 3.8) is 0 Å². The second-order valence-corrected chi connectivity index (χ2v) is 4.32. The summed E-state index contributed by atoms with van der Waals surface area (Å²) in [6.45, 7) is 0.283. The molecule has 0 radical (unpaired) electrons. The average Bonchev–Trinajstić information content (AvgIpc) is 2.65. The van der Waals surface area contributed by atoms with E-state index in [9.17, 15) is 9.59 Å². The van der Waals surface area contributed by atoms with Gasteiger partial charge in [0, 0.05) is 12.0 Å². The van der Waals surface area contributed by atoms with Crippen LogP contribution >= 0.6 is 0 Å². The van der Waals surface area contributed by atoms with Crippen LogP contribution in [0.25, 0.3) is 0 Å². The maximum atomic E-state index is 12.1. The molecule has 0 atom stereocenters. The number of carbonyl (C=O) groups is 2. The summed E-state index contributed by atoms with van der Waals surface area (Å²) in [7, 11) is 2.56. The van der Waals surface area contributed by atoms with E-state index in [0.717, 1.165) is 0 Å². The summed E-state index contributed by atoms with van der Waals surface area (Å²) in [6.07, 6.45) is 11.0. The third-order valence-corrected chi connectivity index (χ3v) is 3.11. The molecule has 0 unspecified atom stereocenters. The minimum absolute atomic E-state index is 0.188. The topological polar surface area (TPSA) is 61.8 Å². The van der Waals surface area contributed by atoms with Gasteiger partial charge in [-0.05, 0) is 6.08 Å². The highest BCUT2D eigenvalue weighted by molar-refractivity contribution is 6.04. The Balaban J connectivity index is 2.66. The molecular weight excluding hydrogens is 272 g/mol. The lowest BCUT2D eigenvalue weighted by Crippen LogP contribution is -2.16. The van der Waals surface area contributed by atoms with E-state index in [4.69, 9.17) is 14.2 Å². The van der Waals surface area contributed by atoms with Crippen molar-refractivity contribution >= 4 is 11.9 Å². The number of ether oxygens (including phenoxy) is 3. The Morgan fingerprint density at radius 2 is 1.67 bits per heavy atom. The Morgan fingerprint density at radius 1 is 1.00 bits per heavy atom. The first-order chi connectivity index (χ1) is 10.2. The van der Waals surface area contributed by atoms with Gasteiger partial charge in [0.15, 0.2) is 0 Å². The molecule has 0 saturated carbocycles. The summed E-state index contributed by atoms with van der Waals surface area (Å²) in [6, 6.07) is 0. The number of carbonyl (C=O) groups excluding carboxylic acids is 2. The van der Waals surface area contributed by atoms with Gasteiger partial charge in [0.2, 0.25) is 0 Å². The van der Waals surface area contributed by atoms with Gasteiger partial charge in [-0.2, -0.15) is 0 Å². The molecule has 5 nitrogen and oxygen atoms in total. The molecule has 0 aromatic heterocycles. The van der Waals surface area contributed by atoms with Crippen LogP contribution in [0.5, 0.6) is 0 Å². The van der Waals surface area contributed by atoms with Gasteiger partial charge in [0.1, 0.15) is 5.76 Å². The zero-order chi connectivity index (χ0) is 15.2. The van der Waals surface area contributed by atoms with E-state index >= 15 is 0 Å². The molecule has 2 aliphatic rings. The first kappa shape index (κ1) is 14.8. The molecule has 0 spiro atoms. The first-order valence-electron chi connectivity index (χ1n) is 6.47. The van der Waals surface area contributed by atoms with Gasteiger partial charge in [-0.3, -0.25) is 0 Å². The monoisotopic (exact) mass is 288 g/mol. The Bertz CT molecular complexity index is 602. The largest absolute Gasteiger partial charge is 0.493 e. The van der Waals surface area contributed by atoms with Crippen molar-refractivity contribution in [2.24, 2.45) is 0 Å². The average molecular weight is 288 g/mol. The summed E-state index contributed by atoms with van der Waals surface area (Å²) in [5, 5.41) is 0. The van der Waals surface area contributed by atoms with Crippen molar-refractivity contribution in [2.75, 3.05) is 20.8 Å². The van der Waals surface area contributed by atoms with Gasteiger partial charge in [-0.25, -0.2) is 9.59 Å². The van der Waals surface area contributed by atoms with E-state index < -0.39 is 11.9 Å². The number of hydrogen-bond donors (Lipinski definition) is 0. The smallest absolute Gasteiger partial charge is 0.339 e. The fourth-order valence-corrected chi connectivity index (χ4v) is 2.14. The van der Waals surface area contributed by atoms with Crippen molar-refractivity contribution < 1.29 is 23.8 Å². The van der Waals surface area contributed by atoms with Gasteiger partial charge in [-0.1, -0.05) is 30.4 Å². The molecule has 0 fully saturated rings. The fourth-order valence-electron chi connectivity index (χ4n) is 2.14. The van der Waals surface area contributed by atoms with Gasteiger partial charge in [-0.15, -0.1) is 0 Å². The number of rotatable bonds is 2. The predicted octanol–water partition coefficient (Wildman–Crippen LogP) is 1.99. The highest BCUT2D eigenvalue weighted by Crippen LogP contribution is 2.29. The molecule has 0 N–H and O–H groups in total. The first-order valence-corrected chi connectivity index (χ1v) is 6.47. The van der Waals surface area contributed by atoms with Crippen LogP contribution < -0.4 is 0 Å². The number of hydrogen-bond acceptors (Lipinski definition) is 5. The SMILES string of the molecule is COC(=O)C1=C(C(=O)OC)C2=C(C=CC=CC=C2)OCC1. The predicted molar refractivity (Wildman–Crippen MR) is 76.1 cm³/mol. The van der Waals surface area contributed by atoms with E-state index in [1.165, 1.54) is 14.2 Å². The molecular formula is C16H16O5. The van der Waals surface area contributed by atoms with Crippen LogP contribution in [0, 0.1) is 0 Å². The molecule has 1 heterocycles. The Labute approximate surface area is 122 Å². The zero-order valence-electron chi connectivity index (χ0n) is 11.9. The van der Waals surface area contributed by atoms with Crippen molar-refractivity contribution in [1.29, 1.82) is 0 Å². The van der Waals surface area contributed by atoms with Crippen molar-refractivity contribution in [1.82, 2.24) is 0 Å². The van der Waals surface area contributed by atoms with Crippen molar-refractivity contribution in [3.8, 4) is 0 Å². The lowest BCUT2D eigenvalue weighted by Gasteiger charge is -2.11. The van der Waals surface area contributed by atoms with E-state index in [1.54, 1.807) is 24.3 Å². The van der Waals surface area contributed by atoms with Gasteiger partial charge >= 0.3 is 11.9 Å². The highest BCUT2D eigenvalue weighted by atomic mass is 16.5. The maximum Gasteiger partial charge on any atom is 0.339 e. The summed E-state index contributed by atoms with van der Waals surface area (Å²) >= 11 is 0. The highest BCUT2D eigenvalue weighted by Gasteiger charge is 2.29. The Kier molecular flexibility index (Phi) is 4.77. The van der Waals surface area contributed by atoms with Crippen LogP contribution in [0.2, 0.25) is 0 Å². The van der Waals surface area contributed by atoms with E-state index in [1.807, 2.05) is 12.2 Å². The molecule has 1 aliphatic carbocycles. The zero-order valence-corrected chi connectivity index (χ0v) is 11.9. The third kappa shape index (κ3) is 3.13. The molecule has 0 aromatic carbocycles. The lowest BCUT2D eigenvalue weighted by molar-refractivity contribution is -0.139. The summed E-state index contributed by atoms with van der Waals surface area (Å²) in [5.74, 6) is -0.617. The molecule has 0 saturated heterocycles. The van der Waals surface area contributed by atoms with Crippen molar-refractivity contribution in [2.45, 2.75) is 6.42 Å². The number of allylic oxidation sites excluding steroid dienone is 6. The van der Waals surface area contributed by atoms with E-state index in [-0.39, 0.29) is 24.2 Å². The normalized spacial score (nSPS) is 17.4. The molecule has 5 heteroatoms. The minimum Gasteiger partial charge on any atom is -0.493 e. The Hall–Kier alpha value is -2.56. The Morgan fingerprint density at radius 3 is 2.33 bits per heavy atom. The van der Waals surface area contributed by atoms with Gasteiger partial charge in [0.05, 0.1) is 32.0 Å². The van der Waals surface area contributed by atoms with E-state index in [0.29, 0.717) is 11.3 Å². The number of esters is 2. The minimum atomic E-state index is -0.587. The lowest BCUT2D eigenvalue weighted by atomic mass is 9.96. The molecule has 0 amide bonds. The second-order valence-electron chi connectivity index (χ2n) is 4.32. The molecule has 110 valence electrons. The third-order valence-electron chi connectivity index (χ3n) is 3.11. The number of methoxy groups -OCH3 is 2. The summed E-state index contributed by atoms with van der Waals surface area (Å²) in [5.41, 5.74) is 0.963. The molecule has 1 aliphatic heterocycles. The van der Waals surface area contributed by atoms with Crippen LogP contribution in [0.4, 0.5) is 0 Å². The van der Waals surface area contributed by atoms with Crippen LogP contribution in [0.3, 0.4) is 0 Å². The van der Waals surface area contributed by atoms with Gasteiger partial charge in [0.25, 0.3) is 0 Å². The van der Waals surface area contributed by atoms with Gasteiger partial charge < -0.3 is 14.2 Å². The standard InChI is InChI=1S/C16H16O5/c1-19-15(17)12-9-10-21-13-8-6-4-3-5-7-11(13)14(12)16(18)20-2/h3-8H,9-10H2,1-2H3. The van der Waals surface area contributed by atoms with Crippen LogP contribution in [0.1, 0.15) is 6.42 Å². The fraction of sp³-hybridized carbons (Fsp3) is 0.250. The molecule has 0 aromatic rings. The second kappa shape index (κ2) is 6.74. The molecule has 0 bridgehead atoms. The van der Waals surface area contributed by atoms with Crippen LogP contribution in [0.15, 0.2) is 58.9 Å². The molecule has 21 heavy (non-hydrogen) atoms. The van der Waals surface area contributed by atoms with E-state index in [2.05, 4.69) is 0 Å². The van der Waals surface area contributed by atoms with Crippen LogP contribution in [-0.2, 0) is 23.8 Å². The summed E-state index contributed by atoms with van der Waals surface area (Å²) < 4.78 is 15.2.